The molecule has 0 saturated heterocycles. The van der Waals surface area contributed by atoms with Gasteiger partial charge in [-0.1, -0.05) is 6.08 Å². The number of hydrogen-bond donors (Lipinski definition) is 3. The van der Waals surface area contributed by atoms with E-state index in [0.29, 0.717) is 11.5 Å². The number of carbonyl (C=O) groups excluding carboxylic acids is 1. The van der Waals surface area contributed by atoms with Crippen LogP contribution in [0.2, 0.25) is 0 Å². The molecule has 0 bridgehead atoms. The van der Waals surface area contributed by atoms with E-state index in [0.717, 1.165) is 5.76 Å². The van der Waals surface area contributed by atoms with Crippen molar-refractivity contribution >= 4 is 11.7 Å². The van der Waals surface area contributed by atoms with E-state index in [1.807, 2.05) is 6.92 Å². The molecule has 14 heavy (non-hydrogen) atoms. The standard InChI is InChI=1S/C9H12N2O3/c1-3-7(10-9(12)11-13)8-5-4-6(2)14-8/h3-5,13H,1-2H3,(H2,10,11,12). The van der Waals surface area contributed by atoms with Crippen LogP contribution in [-0.4, -0.2) is 11.2 Å². The van der Waals surface area contributed by atoms with Crippen LogP contribution in [0.1, 0.15) is 18.4 Å². The van der Waals surface area contributed by atoms with E-state index in [9.17, 15) is 4.79 Å². The van der Waals surface area contributed by atoms with Crippen LogP contribution in [0.15, 0.2) is 22.6 Å². The lowest BCUT2D eigenvalue weighted by molar-refractivity contribution is 0.165. The molecule has 76 valence electrons. The van der Waals surface area contributed by atoms with Crippen molar-refractivity contribution in [3.63, 3.8) is 0 Å². The number of urea groups is 1. The highest BCUT2D eigenvalue weighted by molar-refractivity contribution is 5.83. The Morgan fingerprint density at radius 2 is 2.29 bits per heavy atom. The van der Waals surface area contributed by atoms with E-state index in [-0.39, 0.29) is 0 Å². The van der Waals surface area contributed by atoms with Crippen LogP contribution in [0.3, 0.4) is 0 Å². The summed E-state index contributed by atoms with van der Waals surface area (Å²) in [5.41, 5.74) is 1.98. The van der Waals surface area contributed by atoms with Gasteiger partial charge in [-0.15, -0.1) is 0 Å². The zero-order valence-electron chi connectivity index (χ0n) is 8.00. The van der Waals surface area contributed by atoms with Crippen LogP contribution < -0.4 is 10.8 Å². The maximum Gasteiger partial charge on any atom is 0.343 e. The van der Waals surface area contributed by atoms with E-state index < -0.39 is 6.03 Å². The third-order valence-electron chi connectivity index (χ3n) is 1.64. The maximum atomic E-state index is 10.8. The lowest BCUT2D eigenvalue weighted by Crippen LogP contribution is -2.31. The molecule has 0 atom stereocenters. The minimum absolute atomic E-state index is 0.504. The molecular weight excluding hydrogens is 184 g/mol. The fourth-order valence-electron chi connectivity index (χ4n) is 1.01. The second-order valence-electron chi connectivity index (χ2n) is 2.68. The van der Waals surface area contributed by atoms with Crippen molar-refractivity contribution in [3.05, 3.63) is 29.7 Å². The third-order valence-corrected chi connectivity index (χ3v) is 1.64. The van der Waals surface area contributed by atoms with Crippen LogP contribution in [-0.2, 0) is 0 Å². The molecule has 5 nitrogen and oxygen atoms in total. The number of amides is 2. The summed E-state index contributed by atoms with van der Waals surface area (Å²) in [4.78, 5) is 10.8. The number of hydrogen-bond acceptors (Lipinski definition) is 3. The Kier molecular flexibility index (Phi) is 3.30. The predicted octanol–water partition coefficient (Wildman–Crippen LogP) is 1.64. The normalized spacial score (nSPS) is 11.2. The first-order chi connectivity index (χ1) is 6.67. The van der Waals surface area contributed by atoms with Gasteiger partial charge in [-0.25, -0.2) is 10.3 Å². The van der Waals surface area contributed by atoms with Crippen molar-refractivity contribution in [2.24, 2.45) is 0 Å². The number of rotatable bonds is 2. The molecule has 0 unspecified atom stereocenters. The lowest BCUT2D eigenvalue weighted by atomic mass is 10.3. The van der Waals surface area contributed by atoms with Gasteiger partial charge < -0.3 is 9.73 Å². The van der Waals surface area contributed by atoms with Crippen molar-refractivity contribution in [3.8, 4) is 0 Å². The molecule has 1 heterocycles. The Hall–Kier alpha value is -1.75. The molecule has 1 aromatic rings. The summed E-state index contributed by atoms with van der Waals surface area (Å²) in [6.07, 6.45) is 1.67. The number of carbonyl (C=O) groups is 1. The molecule has 0 aromatic carbocycles. The van der Waals surface area contributed by atoms with Gasteiger partial charge in [0, 0.05) is 0 Å². The zero-order chi connectivity index (χ0) is 10.6. The van der Waals surface area contributed by atoms with Gasteiger partial charge in [0.2, 0.25) is 0 Å². The second-order valence-corrected chi connectivity index (χ2v) is 2.68. The lowest BCUT2D eigenvalue weighted by Gasteiger charge is -2.04. The van der Waals surface area contributed by atoms with Gasteiger partial charge in [-0.2, -0.15) is 0 Å². The molecule has 0 aliphatic heterocycles. The van der Waals surface area contributed by atoms with Crippen molar-refractivity contribution < 1.29 is 14.4 Å². The van der Waals surface area contributed by atoms with Crippen molar-refractivity contribution in [1.29, 1.82) is 0 Å². The summed E-state index contributed by atoms with van der Waals surface area (Å²) in [7, 11) is 0. The number of furan rings is 1. The van der Waals surface area contributed by atoms with E-state index in [1.165, 1.54) is 5.48 Å². The molecule has 0 spiro atoms. The second kappa shape index (κ2) is 4.48. The van der Waals surface area contributed by atoms with E-state index in [4.69, 9.17) is 9.62 Å². The van der Waals surface area contributed by atoms with Crippen molar-refractivity contribution in [2.45, 2.75) is 13.8 Å². The Morgan fingerprint density at radius 3 is 2.71 bits per heavy atom. The highest BCUT2D eigenvalue weighted by Gasteiger charge is 2.07. The molecule has 0 radical (unpaired) electrons. The molecule has 0 fully saturated rings. The smallest absolute Gasteiger partial charge is 0.343 e. The molecule has 3 N–H and O–H groups in total. The maximum absolute atomic E-state index is 10.8. The van der Waals surface area contributed by atoms with E-state index in [1.54, 1.807) is 25.1 Å². The Labute approximate surface area is 81.4 Å². The highest BCUT2D eigenvalue weighted by atomic mass is 16.5. The monoisotopic (exact) mass is 196 g/mol. The van der Waals surface area contributed by atoms with Crippen LogP contribution >= 0.6 is 0 Å². The predicted molar refractivity (Wildman–Crippen MR) is 50.5 cm³/mol. The molecule has 1 aromatic heterocycles. The third kappa shape index (κ3) is 2.37. The topological polar surface area (TPSA) is 74.5 Å². The number of allylic oxidation sites excluding steroid dienone is 1. The summed E-state index contributed by atoms with van der Waals surface area (Å²) in [5, 5.41) is 10.7. The molecule has 0 aliphatic carbocycles. The van der Waals surface area contributed by atoms with Crippen LogP contribution in [0.4, 0.5) is 4.79 Å². The number of hydroxylamine groups is 1. The average Bonchev–Trinajstić information content (AvgIpc) is 2.60. The van der Waals surface area contributed by atoms with Gasteiger partial charge in [0.1, 0.15) is 11.5 Å². The summed E-state index contributed by atoms with van der Waals surface area (Å²) in [6, 6.07) is 2.83. The van der Waals surface area contributed by atoms with Gasteiger partial charge in [-0.3, -0.25) is 5.21 Å². The number of aryl methyl sites for hydroxylation is 1. The minimum Gasteiger partial charge on any atom is -0.460 e. The molecule has 0 aliphatic rings. The fourth-order valence-corrected chi connectivity index (χ4v) is 1.01. The van der Waals surface area contributed by atoms with Crippen molar-refractivity contribution in [1.82, 2.24) is 10.8 Å². The Morgan fingerprint density at radius 1 is 1.57 bits per heavy atom. The average molecular weight is 196 g/mol. The van der Waals surface area contributed by atoms with Gasteiger partial charge in [0.25, 0.3) is 0 Å². The minimum atomic E-state index is -0.702. The summed E-state index contributed by atoms with van der Waals surface area (Å²) in [6.45, 7) is 3.56. The fraction of sp³-hybridized carbons (Fsp3) is 0.222. The zero-order valence-corrected chi connectivity index (χ0v) is 8.00. The van der Waals surface area contributed by atoms with Crippen LogP contribution in [0.5, 0.6) is 0 Å². The number of nitrogens with one attached hydrogen (secondary N) is 2. The van der Waals surface area contributed by atoms with Gasteiger partial charge in [0.05, 0.1) is 5.70 Å². The van der Waals surface area contributed by atoms with Gasteiger partial charge in [0.15, 0.2) is 0 Å². The summed E-state index contributed by atoms with van der Waals surface area (Å²) >= 11 is 0. The van der Waals surface area contributed by atoms with Crippen LogP contribution in [0, 0.1) is 6.92 Å². The first kappa shape index (κ1) is 10.3. The Bertz CT molecular complexity index is 355. The summed E-state index contributed by atoms with van der Waals surface area (Å²) in [5.74, 6) is 1.30. The summed E-state index contributed by atoms with van der Waals surface area (Å²) < 4.78 is 5.29. The van der Waals surface area contributed by atoms with E-state index >= 15 is 0 Å². The SMILES string of the molecule is CC=C(NC(=O)NO)c1ccc(C)o1. The molecule has 1 rings (SSSR count). The first-order valence-corrected chi connectivity index (χ1v) is 4.11. The molecular formula is C9H12N2O3. The Balaban J connectivity index is 2.79. The quantitative estimate of drug-likeness (QED) is 0.497. The van der Waals surface area contributed by atoms with Gasteiger partial charge in [-0.05, 0) is 26.0 Å². The van der Waals surface area contributed by atoms with E-state index in [2.05, 4.69) is 5.32 Å². The molecule has 0 saturated carbocycles. The van der Waals surface area contributed by atoms with Crippen LogP contribution in [0.25, 0.3) is 5.70 Å². The largest absolute Gasteiger partial charge is 0.460 e. The molecule has 5 heteroatoms. The van der Waals surface area contributed by atoms with Crippen molar-refractivity contribution in [2.75, 3.05) is 0 Å². The molecule has 2 amide bonds. The highest BCUT2D eigenvalue weighted by Crippen LogP contribution is 2.14. The van der Waals surface area contributed by atoms with Gasteiger partial charge >= 0.3 is 6.03 Å². The first-order valence-electron chi connectivity index (χ1n) is 4.11.